The first-order chi connectivity index (χ1) is 15.4. The van der Waals surface area contributed by atoms with Gasteiger partial charge in [-0.2, -0.15) is 13.2 Å². The lowest BCUT2D eigenvalue weighted by atomic mass is 9.99. The number of ether oxygens (including phenoxy) is 1. The monoisotopic (exact) mass is 433 g/mol. The number of pyridine rings is 1. The van der Waals surface area contributed by atoms with Crippen molar-refractivity contribution in [2.45, 2.75) is 13.1 Å². The molecule has 0 aliphatic carbocycles. The Bertz CT molecular complexity index is 1480. The molecule has 3 nitrogen and oxygen atoms in total. The Hall–Kier alpha value is -3.80. The van der Waals surface area contributed by atoms with Crippen molar-refractivity contribution >= 4 is 33.2 Å². The van der Waals surface area contributed by atoms with E-state index < -0.39 is 17.7 Å². The van der Waals surface area contributed by atoms with E-state index in [1.165, 1.54) is 6.07 Å². The molecule has 0 atom stereocenters. The molecule has 0 fully saturated rings. The van der Waals surface area contributed by atoms with Crippen LogP contribution >= 0.6 is 0 Å². The standard InChI is InChI=1S/C26H18F3NO2/c1-2-32-25(31)23-20-14-17(26(27,28)29)12-13-22(20)30-15-21(16-8-4-3-5-9-16)18-10-6-7-11-19(18)24(23)30/h3-15H,2H2,1H3. The molecule has 0 radical (unpaired) electrons. The van der Waals surface area contributed by atoms with Gasteiger partial charge in [-0.1, -0.05) is 54.6 Å². The van der Waals surface area contributed by atoms with E-state index in [-0.39, 0.29) is 17.6 Å². The topological polar surface area (TPSA) is 30.7 Å². The molecule has 0 bridgehead atoms. The van der Waals surface area contributed by atoms with Crippen molar-refractivity contribution in [3.8, 4) is 11.1 Å². The number of alkyl halides is 3. The zero-order valence-corrected chi connectivity index (χ0v) is 17.1. The lowest BCUT2D eigenvalue weighted by Crippen LogP contribution is -2.06. The van der Waals surface area contributed by atoms with E-state index in [1.807, 2.05) is 60.8 Å². The second-order valence-corrected chi connectivity index (χ2v) is 7.50. The maximum Gasteiger partial charge on any atom is 0.416 e. The molecule has 0 unspecified atom stereocenters. The Morgan fingerprint density at radius 3 is 2.28 bits per heavy atom. The van der Waals surface area contributed by atoms with Gasteiger partial charge in [-0.15, -0.1) is 0 Å². The van der Waals surface area contributed by atoms with Gasteiger partial charge >= 0.3 is 12.1 Å². The van der Waals surface area contributed by atoms with E-state index in [1.54, 1.807) is 11.3 Å². The fourth-order valence-corrected chi connectivity index (χ4v) is 4.27. The third kappa shape index (κ3) is 3.11. The second kappa shape index (κ2) is 7.41. The number of benzene rings is 3. The van der Waals surface area contributed by atoms with Crippen LogP contribution in [0, 0.1) is 0 Å². The number of fused-ring (bicyclic) bond motifs is 5. The molecule has 2 aromatic heterocycles. The minimum absolute atomic E-state index is 0.122. The molecular weight excluding hydrogens is 415 g/mol. The molecule has 0 aliphatic heterocycles. The quantitative estimate of drug-likeness (QED) is 0.284. The summed E-state index contributed by atoms with van der Waals surface area (Å²) >= 11 is 0. The molecule has 0 spiro atoms. The summed E-state index contributed by atoms with van der Waals surface area (Å²) in [6.07, 6.45) is -2.64. The minimum atomic E-state index is -4.52. The van der Waals surface area contributed by atoms with Crippen molar-refractivity contribution in [1.82, 2.24) is 4.40 Å². The van der Waals surface area contributed by atoms with Crippen LogP contribution in [0.2, 0.25) is 0 Å². The Kier molecular flexibility index (Phi) is 4.66. The number of rotatable bonds is 3. The van der Waals surface area contributed by atoms with E-state index >= 15 is 0 Å². The molecular formula is C26H18F3NO2. The predicted octanol–water partition coefficient (Wildman–Crippen LogP) is 7.11. The summed E-state index contributed by atoms with van der Waals surface area (Å²) in [5.74, 6) is -0.642. The van der Waals surface area contributed by atoms with Gasteiger partial charge in [0.2, 0.25) is 0 Å². The van der Waals surface area contributed by atoms with Crippen LogP contribution in [0.4, 0.5) is 13.2 Å². The van der Waals surface area contributed by atoms with E-state index in [0.29, 0.717) is 11.0 Å². The number of carbonyl (C=O) groups excluding carboxylic acids is 1. The van der Waals surface area contributed by atoms with Crippen molar-refractivity contribution in [3.05, 3.63) is 90.1 Å². The van der Waals surface area contributed by atoms with Crippen LogP contribution in [0.1, 0.15) is 22.8 Å². The van der Waals surface area contributed by atoms with Crippen LogP contribution < -0.4 is 0 Å². The first-order valence-corrected chi connectivity index (χ1v) is 10.2. The number of halogens is 3. The van der Waals surface area contributed by atoms with E-state index in [9.17, 15) is 18.0 Å². The number of hydrogen-bond acceptors (Lipinski definition) is 2. The zero-order chi connectivity index (χ0) is 22.5. The second-order valence-electron chi connectivity index (χ2n) is 7.50. The normalized spacial score (nSPS) is 12.0. The van der Waals surface area contributed by atoms with E-state index in [4.69, 9.17) is 4.74 Å². The van der Waals surface area contributed by atoms with Crippen LogP contribution in [0.3, 0.4) is 0 Å². The smallest absolute Gasteiger partial charge is 0.416 e. The number of nitrogens with zero attached hydrogens (tertiary/aromatic N) is 1. The van der Waals surface area contributed by atoms with Gasteiger partial charge in [0.05, 0.1) is 28.8 Å². The van der Waals surface area contributed by atoms with E-state index in [2.05, 4.69) is 0 Å². The molecule has 0 saturated heterocycles. The molecule has 160 valence electrons. The number of carbonyl (C=O) groups is 1. The fraction of sp³-hybridized carbons (Fsp3) is 0.115. The Balaban J connectivity index is 1.98. The average Bonchev–Trinajstić information content (AvgIpc) is 3.13. The van der Waals surface area contributed by atoms with Gasteiger partial charge in [-0.3, -0.25) is 0 Å². The summed E-state index contributed by atoms with van der Waals surface area (Å²) in [5.41, 5.74) is 2.27. The highest BCUT2D eigenvalue weighted by Crippen LogP contribution is 2.39. The summed E-state index contributed by atoms with van der Waals surface area (Å²) < 4.78 is 47.5. The third-order valence-electron chi connectivity index (χ3n) is 5.63. The van der Waals surface area contributed by atoms with Crippen molar-refractivity contribution in [2.75, 3.05) is 6.61 Å². The Morgan fingerprint density at radius 1 is 0.906 bits per heavy atom. The van der Waals surface area contributed by atoms with Gasteiger partial charge in [0.15, 0.2) is 0 Å². The third-order valence-corrected chi connectivity index (χ3v) is 5.63. The number of esters is 1. The summed E-state index contributed by atoms with van der Waals surface area (Å²) in [6.45, 7) is 1.79. The van der Waals surface area contributed by atoms with Gasteiger partial charge in [-0.05, 0) is 36.1 Å². The Labute approximate surface area is 181 Å². The van der Waals surface area contributed by atoms with Gasteiger partial charge in [0.25, 0.3) is 0 Å². The predicted molar refractivity (Wildman–Crippen MR) is 119 cm³/mol. The van der Waals surface area contributed by atoms with Crippen molar-refractivity contribution in [1.29, 1.82) is 0 Å². The molecule has 2 heterocycles. The molecule has 0 N–H and O–H groups in total. The molecule has 0 amide bonds. The van der Waals surface area contributed by atoms with Crippen LogP contribution in [-0.4, -0.2) is 17.0 Å². The van der Waals surface area contributed by atoms with Crippen LogP contribution in [0.5, 0.6) is 0 Å². The first-order valence-electron chi connectivity index (χ1n) is 10.2. The van der Waals surface area contributed by atoms with E-state index in [0.717, 1.165) is 34.0 Å². The van der Waals surface area contributed by atoms with Gasteiger partial charge in [-0.25, -0.2) is 4.79 Å². The van der Waals surface area contributed by atoms with Crippen molar-refractivity contribution < 1.29 is 22.7 Å². The van der Waals surface area contributed by atoms with Crippen LogP contribution in [-0.2, 0) is 10.9 Å². The van der Waals surface area contributed by atoms with Gasteiger partial charge in [0.1, 0.15) is 0 Å². The highest BCUT2D eigenvalue weighted by Gasteiger charge is 2.32. The number of aromatic nitrogens is 1. The van der Waals surface area contributed by atoms with Crippen LogP contribution in [0.15, 0.2) is 79.0 Å². The van der Waals surface area contributed by atoms with Crippen LogP contribution in [0.25, 0.3) is 38.3 Å². The maximum atomic E-state index is 13.5. The summed E-state index contributed by atoms with van der Waals surface area (Å²) in [5, 5.41) is 1.88. The Morgan fingerprint density at radius 2 is 1.59 bits per heavy atom. The summed E-state index contributed by atoms with van der Waals surface area (Å²) in [4.78, 5) is 13.0. The fourth-order valence-electron chi connectivity index (χ4n) is 4.27. The minimum Gasteiger partial charge on any atom is -0.462 e. The highest BCUT2D eigenvalue weighted by atomic mass is 19.4. The summed E-state index contributed by atoms with van der Waals surface area (Å²) in [6, 6.07) is 20.8. The number of hydrogen-bond donors (Lipinski definition) is 0. The summed E-state index contributed by atoms with van der Waals surface area (Å²) in [7, 11) is 0. The highest BCUT2D eigenvalue weighted by molar-refractivity contribution is 6.19. The lowest BCUT2D eigenvalue weighted by Gasteiger charge is -2.11. The lowest BCUT2D eigenvalue weighted by molar-refractivity contribution is -0.137. The van der Waals surface area contributed by atoms with Gasteiger partial charge < -0.3 is 9.14 Å². The largest absolute Gasteiger partial charge is 0.462 e. The molecule has 0 aliphatic rings. The van der Waals surface area contributed by atoms with Gasteiger partial charge in [0, 0.05) is 22.5 Å². The molecule has 0 saturated carbocycles. The molecule has 5 rings (SSSR count). The zero-order valence-electron chi connectivity index (χ0n) is 17.1. The molecule has 6 heteroatoms. The average molecular weight is 433 g/mol. The van der Waals surface area contributed by atoms with Crippen molar-refractivity contribution in [2.24, 2.45) is 0 Å². The van der Waals surface area contributed by atoms with Crippen molar-refractivity contribution in [3.63, 3.8) is 0 Å². The maximum absolute atomic E-state index is 13.5. The molecule has 3 aromatic carbocycles. The molecule has 32 heavy (non-hydrogen) atoms. The molecule has 5 aromatic rings. The first kappa shape index (κ1) is 20.1. The SMILES string of the molecule is CCOC(=O)c1c2cc(C(F)(F)F)ccc2n2cc(-c3ccccc3)c3ccccc3c12.